The van der Waals surface area contributed by atoms with Crippen molar-refractivity contribution in [2.75, 3.05) is 26.1 Å². The molecule has 5 aromatic carbocycles. The van der Waals surface area contributed by atoms with Crippen molar-refractivity contribution in [3.05, 3.63) is 131 Å². The van der Waals surface area contributed by atoms with E-state index in [0.717, 1.165) is 28.3 Å². The second-order valence-corrected chi connectivity index (χ2v) is 12.6. The summed E-state index contributed by atoms with van der Waals surface area (Å²) in [6.07, 6.45) is 10.9. The Balaban J connectivity index is 1.41. The molecule has 1 aliphatic heterocycles. The Labute approximate surface area is 254 Å². The lowest BCUT2D eigenvalue weighted by Crippen LogP contribution is -2.35. The van der Waals surface area contributed by atoms with E-state index in [1.165, 1.54) is 70.7 Å². The third-order valence-electron chi connectivity index (χ3n) is 10.2. The van der Waals surface area contributed by atoms with Crippen molar-refractivity contribution in [1.29, 1.82) is 0 Å². The zero-order valence-corrected chi connectivity index (χ0v) is 25.2. The van der Waals surface area contributed by atoms with Crippen LogP contribution < -0.4 is 14.4 Å². The molecule has 8 rings (SSSR count). The topological polar surface area (TPSA) is 21.7 Å². The first-order valence-corrected chi connectivity index (χ1v) is 15.6. The van der Waals surface area contributed by atoms with Crippen LogP contribution in [0.5, 0.6) is 11.5 Å². The Kier molecular flexibility index (Phi) is 5.94. The molecule has 3 heteroatoms. The van der Waals surface area contributed by atoms with Gasteiger partial charge in [0.1, 0.15) is 11.5 Å². The van der Waals surface area contributed by atoms with Crippen LogP contribution in [0.2, 0.25) is 0 Å². The maximum atomic E-state index is 7.50. The van der Waals surface area contributed by atoms with E-state index in [9.17, 15) is 0 Å². The molecule has 0 radical (unpaired) electrons. The molecular formula is C40H37NO2. The summed E-state index contributed by atoms with van der Waals surface area (Å²) in [5, 5.41) is 2.46. The average Bonchev–Trinajstić information content (AvgIpc) is 3.34. The highest BCUT2D eigenvalue weighted by molar-refractivity contribution is 6.08. The van der Waals surface area contributed by atoms with Gasteiger partial charge in [0, 0.05) is 47.3 Å². The molecular weight excluding hydrogens is 526 g/mol. The van der Waals surface area contributed by atoms with Crippen LogP contribution in [0.4, 0.5) is 5.69 Å². The lowest BCUT2D eigenvalue weighted by atomic mass is 9.66. The van der Waals surface area contributed by atoms with E-state index in [0.29, 0.717) is 0 Å². The zero-order chi connectivity index (χ0) is 29.2. The van der Waals surface area contributed by atoms with Gasteiger partial charge in [-0.1, -0.05) is 98.1 Å². The second kappa shape index (κ2) is 9.77. The van der Waals surface area contributed by atoms with Crippen LogP contribution in [0.25, 0.3) is 28.0 Å². The van der Waals surface area contributed by atoms with Crippen molar-refractivity contribution < 1.29 is 9.47 Å². The van der Waals surface area contributed by atoms with Gasteiger partial charge in [0.2, 0.25) is 0 Å². The predicted octanol–water partition coefficient (Wildman–Crippen LogP) is 9.49. The molecule has 0 amide bonds. The van der Waals surface area contributed by atoms with Gasteiger partial charge in [-0.25, -0.2) is 0 Å². The molecule has 0 saturated heterocycles. The first-order valence-electron chi connectivity index (χ1n) is 15.6. The van der Waals surface area contributed by atoms with E-state index in [4.69, 9.17) is 9.47 Å². The molecule has 1 spiro atoms. The third-order valence-corrected chi connectivity index (χ3v) is 10.2. The number of ether oxygens (including phenoxy) is 2. The third kappa shape index (κ3) is 3.73. The lowest BCUT2D eigenvalue weighted by Gasteiger charge is -2.41. The SMILES string of the molecule is COc1ccc(C2(c3ccc(N(C)C)cc3)C=Cc3c4c(c5ccccc5c3O2)-c2ccccc2C42CCCCC2)cc1. The lowest BCUT2D eigenvalue weighted by molar-refractivity contribution is 0.163. The number of fused-ring (bicyclic) bond motifs is 10. The standard InChI is InChI=1S/C40H37NO2/c1-41(2)29-19-15-27(16-20-29)40(28-17-21-30(42-3)22-18-28)26-23-34-37-36(31-11-5-6-12-32(31)38(34)43-40)33-13-7-8-14-35(33)39(37)24-9-4-10-25-39/h5-8,11-23,26H,4,9-10,24-25H2,1-3H3. The molecule has 1 saturated carbocycles. The van der Waals surface area contributed by atoms with Crippen molar-refractivity contribution in [2.24, 2.45) is 0 Å². The molecule has 1 fully saturated rings. The van der Waals surface area contributed by atoms with Crippen LogP contribution in [0, 0.1) is 0 Å². The number of anilines is 1. The summed E-state index contributed by atoms with van der Waals surface area (Å²) in [7, 11) is 5.87. The summed E-state index contributed by atoms with van der Waals surface area (Å²) in [6.45, 7) is 0. The fourth-order valence-corrected chi connectivity index (χ4v) is 8.12. The van der Waals surface area contributed by atoms with Gasteiger partial charge >= 0.3 is 0 Å². The Bertz CT molecular complexity index is 1880. The molecule has 5 aromatic rings. The minimum atomic E-state index is -0.785. The summed E-state index contributed by atoms with van der Waals surface area (Å²) in [4.78, 5) is 2.13. The maximum Gasteiger partial charge on any atom is 0.178 e. The second-order valence-electron chi connectivity index (χ2n) is 12.6. The first kappa shape index (κ1) is 26.2. The molecule has 0 bridgehead atoms. The average molecular weight is 564 g/mol. The number of nitrogens with zero attached hydrogens (tertiary/aromatic N) is 1. The minimum absolute atomic E-state index is 0.0272. The van der Waals surface area contributed by atoms with Crippen molar-refractivity contribution in [3.8, 4) is 22.6 Å². The normalized spacial score (nSPS) is 19.4. The highest BCUT2D eigenvalue weighted by atomic mass is 16.5. The molecule has 2 aliphatic carbocycles. The van der Waals surface area contributed by atoms with E-state index in [2.05, 4.69) is 116 Å². The van der Waals surface area contributed by atoms with E-state index in [-0.39, 0.29) is 5.41 Å². The minimum Gasteiger partial charge on any atom is -0.497 e. The van der Waals surface area contributed by atoms with Crippen LogP contribution in [0.1, 0.15) is 59.9 Å². The van der Waals surface area contributed by atoms with Gasteiger partial charge in [0.25, 0.3) is 0 Å². The maximum absolute atomic E-state index is 7.50. The molecule has 214 valence electrons. The monoisotopic (exact) mass is 563 g/mol. The van der Waals surface area contributed by atoms with Gasteiger partial charge in [-0.15, -0.1) is 0 Å². The van der Waals surface area contributed by atoms with Crippen LogP contribution in [-0.4, -0.2) is 21.2 Å². The highest BCUT2D eigenvalue weighted by Gasteiger charge is 2.48. The largest absolute Gasteiger partial charge is 0.497 e. The van der Waals surface area contributed by atoms with Crippen molar-refractivity contribution in [1.82, 2.24) is 0 Å². The van der Waals surface area contributed by atoms with E-state index < -0.39 is 5.60 Å². The fourth-order valence-electron chi connectivity index (χ4n) is 8.12. The van der Waals surface area contributed by atoms with Crippen molar-refractivity contribution in [3.63, 3.8) is 0 Å². The van der Waals surface area contributed by atoms with Crippen molar-refractivity contribution >= 4 is 22.5 Å². The van der Waals surface area contributed by atoms with Gasteiger partial charge in [-0.2, -0.15) is 0 Å². The van der Waals surface area contributed by atoms with Crippen LogP contribution in [-0.2, 0) is 11.0 Å². The van der Waals surface area contributed by atoms with Gasteiger partial charge in [-0.05, 0) is 70.8 Å². The number of methoxy groups -OCH3 is 1. The van der Waals surface area contributed by atoms with Gasteiger partial charge in [0.15, 0.2) is 5.60 Å². The fraction of sp³-hybridized carbons (Fsp3) is 0.250. The molecule has 0 N–H and O–H groups in total. The molecule has 0 aromatic heterocycles. The Hall–Kier alpha value is -4.50. The van der Waals surface area contributed by atoms with Gasteiger partial charge in [-0.3, -0.25) is 0 Å². The molecule has 1 atom stereocenters. The number of hydrogen-bond acceptors (Lipinski definition) is 3. The Morgan fingerprint density at radius 2 is 1.37 bits per heavy atom. The van der Waals surface area contributed by atoms with E-state index in [1.807, 2.05) is 12.1 Å². The predicted molar refractivity (Wildman–Crippen MR) is 177 cm³/mol. The van der Waals surface area contributed by atoms with Gasteiger partial charge < -0.3 is 14.4 Å². The number of hydrogen-bond donors (Lipinski definition) is 0. The molecule has 3 nitrogen and oxygen atoms in total. The zero-order valence-electron chi connectivity index (χ0n) is 25.2. The summed E-state index contributed by atoms with van der Waals surface area (Å²) in [5.74, 6) is 1.82. The van der Waals surface area contributed by atoms with E-state index in [1.54, 1.807) is 7.11 Å². The highest BCUT2D eigenvalue weighted by Crippen LogP contribution is 2.62. The summed E-state index contributed by atoms with van der Waals surface area (Å²) < 4.78 is 13.0. The van der Waals surface area contributed by atoms with Crippen LogP contribution >= 0.6 is 0 Å². The molecule has 1 unspecified atom stereocenters. The van der Waals surface area contributed by atoms with Crippen LogP contribution in [0.3, 0.4) is 0 Å². The number of rotatable bonds is 4. The van der Waals surface area contributed by atoms with Gasteiger partial charge in [0.05, 0.1) is 7.11 Å². The smallest absolute Gasteiger partial charge is 0.178 e. The first-order chi connectivity index (χ1) is 21.1. The molecule has 3 aliphatic rings. The summed E-state index contributed by atoms with van der Waals surface area (Å²) in [6, 6.07) is 35.2. The summed E-state index contributed by atoms with van der Waals surface area (Å²) >= 11 is 0. The molecule has 1 heterocycles. The summed E-state index contributed by atoms with van der Waals surface area (Å²) in [5.41, 5.74) is 9.62. The van der Waals surface area contributed by atoms with Crippen LogP contribution in [0.15, 0.2) is 103 Å². The van der Waals surface area contributed by atoms with E-state index >= 15 is 0 Å². The molecule has 43 heavy (non-hydrogen) atoms. The Morgan fingerprint density at radius 3 is 2.07 bits per heavy atom. The number of benzene rings is 5. The quantitative estimate of drug-likeness (QED) is 0.217. The van der Waals surface area contributed by atoms with Crippen molar-refractivity contribution in [2.45, 2.75) is 43.1 Å². The Morgan fingerprint density at radius 1 is 0.721 bits per heavy atom.